The van der Waals surface area contributed by atoms with Crippen molar-refractivity contribution >= 4 is 11.4 Å². The van der Waals surface area contributed by atoms with Crippen LogP contribution in [-0.2, 0) is 4.74 Å². The highest BCUT2D eigenvalue weighted by Gasteiger charge is 2.26. The number of nitrogens with zero attached hydrogens (tertiary/aromatic N) is 1. The molecule has 1 aliphatic rings. The molecule has 0 amide bonds. The van der Waals surface area contributed by atoms with Crippen molar-refractivity contribution in [2.75, 3.05) is 37.4 Å². The van der Waals surface area contributed by atoms with Crippen molar-refractivity contribution in [2.45, 2.75) is 19.1 Å². The van der Waals surface area contributed by atoms with Crippen LogP contribution in [0.5, 0.6) is 5.75 Å². The third kappa shape index (κ3) is 2.68. The average molecular weight is 252 g/mol. The fourth-order valence-corrected chi connectivity index (χ4v) is 2.27. The molecule has 0 radical (unpaired) electrons. The summed E-state index contributed by atoms with van der Waals surface area (Å²) in [5.41, 5.74) is 7.65. The van der Waals surface area contributed by atoms with E-state index in [0.29, 0.717) is 12.2 Å². The highest BCUT2D eigenvalue weighted by atomic mass is 16.5. The highest BCUT2D eigenvalue weighted by Crippen LogP contribution is 2.30. The molecule has 2 rings (SSSR count). The quantitative estimate of drug-likeness (QED) is 0.781. The van der Waals surface area contributed by atoms with Crippen molar-refractivity contribution < 1.29 is 14.6 Å². The molecule has 100 valence electrons. The van der Waals surface area contributed by atoms with E-state index in [-0.39, 0.29) is 18.8 Å². The molecule has 0 saturated carbocycles. The number of aliphatic hydroxyl groups excluding tert-OH is 1. The summed E-state index contributed by atoms with van der Waals surface area (Å²) in [5, 5.41) is 9.24. The molecule has 1 aromatic carbocycles. The molecule has 0 aliphatic carbocycles. The Morgan fingerprint density at radius 2 is 2.28 bits per heavy atom. The van der Waals surface area contributed by atoms with Gasteiger partial charge in [0, 0.05) is 19.2 Å². The molecule has 5 nitrogen and oxygen atoms in total. The lowest BCUT2D eigenvalue weighted by molar-refractivity contribution is -0.0420. The lowest BCUT2D eigenvalue weighted by Gasteiger charge is -2.38. The zero-order chi connectivity index (χ0) is 13.1. The maximum atomic E-state index is 9.24. The van der Waals surface area contributed by atoms with Gasteiger partial charge in [0.1, 0.15) is 5.75 Å². The second-order valence-corrected chi connectivity index (χ2v) is 4.58. The van der Waals surface area contributed by atoms with Crippen LogP contribution in [0.1, 0.15) is 6.92 Å². The summed E-state index contributed by atoms with van der Waals surface area (Å²) >= 11 is 0. The maximum Gasteiger partial charge on any atom is 0.121 e. The Balaban J connectivity index is 2.24. The van der Waals surface area contributed by atoms with Gasteiger partial charge < -0.3 is 25.2 Å². The van der Waals surface area contributed by atoms with Gasteiger partial charge in [-0.2, -0.15) is 0 Å². The lowest BCUT2D eigenvalue weighted by atomic mass is 10.1. The second kappa shape index (κ2) is 5.46. The van der Waals surface area contributed by atoms with E-state index < -0.39 is 0 Å². The van der Waals surface area contributed by atoms with E-state index in [0.717, 1.165) is 18.0 Å². The molecule has 5 heteroatoms. The molecule has 1 fully saturated rings. The number of hydrogen-bond donors (Lipinski definition) is 2. The first-order valence-corrected chi connectivity index (χ1v) is 6.08. The SMILES string of the molecule is COc1ccc(N)c(N2CC(C)OC(CO)C2)c1. The van der Waals surface area contributed by atoms with Crippen molar-refractivity contribution in [3.63, 3.8) is 0 Å². The van der Waals surface area contributed by atoms with Crippen LogP contribution < -0.4 is 15.4 Å². The van der Waals surface area contributed by atoms with Crippen molar-refractivity contribution in [3.05, 3.63) is 18.2 Å². The van der Waals surface area contributed by atoms with Gasteiger partial charge in [0.05, 0.1) is 37.3 Å². The minimum atomic E-state index is -0.167. The number of rotatable bonds is 3. The summed E-state index contributed by atoms with van der Waals surface area (Å²) in [6.07, 6.45) is -0.0964. The van der Waals surface area contributed by atoms with Crippen molar-refractivity contribution in [3.8, 4) is 5.75 Å². The van der Waals surface area contributed by atoms with Gasteiger partial charge in [0.25, 0.3) is 0 Å². The van der Waals surface area contributed by atoms with E-state index >= 15 is 0 Å². The predicted octanol–water partition coefficient (Wildman–Crippen LogP) is 0.863. The van der Waals surface area contributed by atoms with Crippen LogP contribution in [0, 0.1) is 0 Å². The van der Waals surface area contributed by atoms with E-state index in [1.807, 2.05) is 25.1 Å². The third-order valence-electron chi connectivity index (χ3n) is 3.11. The number of anilines is 2. The number of aliphatic hydroxyl groups is 1. The molecule has 1 aromatic rings. The molecule has 0 aromatic heterocycles. The Bertz CT molecular complexity index is 411. The van der Waals surface area contributed by atoms with E-state index in [9.17, 15) is 5.11 Å². The number of ether oxygens (including phenoxy) is 2. The van der Waals surface area contributed by atoms with Crippen molar-refractivity contribution in [1.29, 1.82) is 0 Å². The minimum absolute atomic E-state index is 0.0186. The summed E-state index contributed by atoms with van der Waals surface area (Å²) in [5.74, 6) is 0.777. The zero-order valence-corrected chi connectivity index (χ0v) is 10.8. The van der Waals surface area contributed by atoms with Gasteiger partial charge in [0.15, 0.2) is 0 Å². The predicted molar refractivity (Wildman–Crippen MR) is 71.0 cm³/mol. The highest BCUT2D eigenvalue weighted by molar-refractivity contribution is 5.70. The average Bonchev–Trinajstić information content (AvgIpc) is 2.38. The van der Waals surface area contributed by atoms with Crippen LogP contribution in [0.2, 0.25) is 0 Å². The zero-order valence-electron chi connectivity index (χ0n) is 10.8. The molecule has 18 heavy (non-hydrogen) atoms. The summed E-state index contributed by atoms with van der Waals surface area (Å²) in [4.78, 5) is 2.13. The first kappa shape index (κ1) is 13.0. The molecule has 1 saturated heterocycles. The van der Waals surface area contributed by atoms with E-state index in [4.69, 9.17) is 15.2 Å². The van der Waals surface area contributed by atoms with Crippen LogP contribution in [0.3, 0.4) is 0 Å². The Morgan fingerprint density at radius 1 is 1.50 bits per heavy atom. The standard InChI is InChI=1S/C13H20N2O3/c1-9-6-15(7-11(8-16)18-9)13-5-10(17-2)3-4-12(13)14/h3-5,9,11,16H,6-8,14H2,1-2H3. The van der Waals surface area contributed by atoms with Gasteiger partial charge in [-0.25, -0.2) is 0 Å². The van der Waals surface area contributed by atoms with Crippen LogP contribution in [0.25, 0.3) is 0 Å². The Hall–Kier alpha value is -1.46. The van der Waals surface area contributed by atoms with Gasteiger partial charge in [-0.3, -0.25) is 0 Å². The number of nitrogen functional groups attached to an aromatic ring is 1. The largest absolute Gasteiger partial charge is 0.497 e. The summed E-state index contributed by atoms with van der Waals surface area (Å²) in [6.45, 7) is 3.40. The first-order chi connectivity index (χ1) is 8.63. The third-order valence-corrected chi connectivity index (χ3v) is 3.11. The number of hydrogen-bond acceptors (Lipinski definition) is 5. The molecule has 2 atom stereocenters. The monoisotopic (exact) mass is 252 g/mol. The van der Waals surface area contributed by atoms with Gasteiger partial charge in [-0.05, 0) is 19.1 Å². The van der Waals surface area contributed by atoms with Gasteiger partial charge in [0.2, 0.25) is 0 Å². The van der Waals surface area contributed by atoms with Gasteiger partial charge in [-0.1, -0.05) is 0 Å². The van der Waals surface area contributed by atoms with E-state index in [2.05, 4.69) is 4.90 Å². The molecule has 3 N–H and O–H groups in total. The molecule has 0 bridgehead atoms. The summed E-state index contributed by atoms with van der Waals surface area (Å²) in [7, 11) is 1.63. The van der Waals surface area contributed by atoms with Crippen LogP contribution >= 0.6 is 0 Å². The lowest BCUT2D eigenvalue weighted by Crippen LogP contribution is -2.48. The Kier molecular flexibility index (Phi) is 3.93. The second-order valence-electron chi connectivity index (χ2n) is 4.58. The van der Waals surface area contributed by atoms with Crippen molar-refractivity contribution in [1.82, 2.24) is 0 Å². The Morgan fingerprint density at radius 3 is 2.94 bits per heavy atom. The van der Waals surface area contributed by atoms with Crippen molar-refractivity contribution in [2.24, 2.45) is 0 Å². The maximum absolute atomic E-state index is 9.24. The summed E-state index contributed by atoms with van der Waals surface area (Å²) < 4.78 is 10.8. The van der Waals surface area contributed by atoms with E-state index in [1.165, 1.54) is 0 Å². The fourth-order valence-electron chi connectivity index (χ4n) is 2.27. The van der Waals surface area contributed by atoms with Crippen LogP contribution in [-0.4, -0.2) is 44.1 Å². The molecule has 1 aliphatic heterocycles. The van der Waals surface area contributed by atoms with E-state index in [1.54, 1.807) is 7.11 Å². The smallest absolute Gasteiger partial charge is 0.121 e. The number of benzene rings is 1. The van der Waals surface area contributed by atoms with Crippen LogP contribution in [0.4, 0.5) is 11.4 Å². The van der Waals surface area contributed by atoms with Gasteiger partial charge in [-0.15, -0.1) is 0 Å². The minimum Gasteiger partial charge on any atom is -0.497 e. The molecule has 2 unspecified atom stereocenters. The normalized spacial score (nSPS) is 24.1. The number of methoxy groups -OCH3 is 1. The first-order valence-electron chi connectivity index (χ1n) is 6.08. The van der Waals surface area contributed by atoms with Crippen LogP contribution in [0.15, 0.2) is 18.2 Å². The topological polar surface area (TPSA) is 68.0 Å². The Labute approximate surface area is 107 Å². The number of nitrogens with two attached hydrogens (primary N) is 1. The molecule has 0 spiro atoms. The molecular formula is C13H20N2O3. The fraction of sp³-hybridized carbons (Fsp3) is 0.538. The number of morpholine rings is 1. The van der Waals surface area contributed by atoms with Gasteiger partial charge >= 0.3 is 0 Å². The summed E-state index contributed by atoms with van der Waals surface area (Å²) in [6, 6.07) is 5.59. The molecular weight excluding hydrogens is 232 g/mol. The molecule has 1 heterocycles.